The quantitative estimate of drug-likeness (QED) is 0.707. The van der Waals surface area contributed by atoms with Gasteiger partial charge in [0.05, 0.1) is 12.2 Å². The summed E-state index contributed by atoms with van der Waals surface area (Å²) in [6, 6.07) is 25.6. The van der Waals surface area contributed by atoms with E-state index < -0.39 is 0 Å². The number of hydrogen-bond donors (Lipinski definition) is 1. The van der Waals surface area contributed by atoms with Crippen molar-refractivity contribution in [1.29, 1.82) is 0 Å². The summed E-state index contributed by atoms with van der Waals surface area (Å²) in [5, 5.41) is 3.25. The first-order chi connectivity index (χ1) is 13.2. The molecule has 0 radical (unpaired) electrons. The van der Waals surface area contributed by atoms with Gasteiger partial charge in [0.2, 0.25) is 5.91 Å². The maximum atomic E-state index is 12.9. The van der Waals surface area contributed by atoms with Crippen molar-refractivity contribution in [2.45, 2.75) is 19.4 Å². The van der Waals surface area contributed by atoms with Crippen molar-refractivity contribution in [3.8, 4) is 11.5 Å². The number of carbonyl (C=O) groups is 1. The monoisotopic (exact) mass is 358 g/mol. The Morgan fingerprint density at radius 1 is 1.00 bits per heavy atom. The SMILES string of the molecule is C[C@@H]1Cc2ccccc2N1C(=O)CNc1ccccc1Oc1ccccc1. The van der Waals surface area contributed by atoms with Crippen molar-refractivity contribution in [2.75, 3.05) is 16.8 Å². The Morgan fingerprint density at radius 2 is 1.70 bits per heavy atom. The zero-order chi connectivity index (χ0) is 18.6. The second-order valence-corrected chi connectivity index (χ2v) is 6.71. The molecule has 0 aliphatic carbocycles. The Bertz CT molecular complexity index is 940. The molecule has 0 saturated heterocycles. The van der Waals surface area contributed by atoms with E-state index in [9.17, 15) is 4.79 Å². The molecule has 27 heavy (non-hydrogen) atoms. The van der Waals surface area contributed by atoms with E-state index in [0.29, 0.717) is 5.75 Å². The van der Waals surface area contributed by atoms with Crippen LogP contribution in [-0.4, -0.2) is 18.5 Å². The maximum Gasteiger partial charge on any atom is 0.246 e. The maximum absolute atomic E-state index is 12.9. The second-order valence-electron chi connectivity index (χ2n) is 6.71. The molecule has 1 aliphatic rings. The first kappa shape index (κ1) is 17.2. The molecule has 4 rings (SSSR count). The van der Waals surface area contributed by atoms with Crippen LogP contribution in [0.5, 0.6) is 11.5 Å². The number of benzene rings is 3. The highest BCUT2D eigenvalue weighted by Crippen LogP contribution is 2.32. The molecule has 4 nitrogen and oxygen atoms in total. The third-order valence-corrected chi connectivity index (χ3v) is 4.76. The van der Waals surface area contributed by atoms with Gasteiger partial charge >= 0.3 is 0 Å². The standard InChI is InChI=1S/C23H22N2O2/c1-17-15-18-9-5-7-13-21(18)25(17)23(26)16-24-20-12-6-8-14-22(20)27-19-10-3-2-4-11-19/h2-14,17,24H,15-16H2,1H3/t17-/m1/s1. The highest BCUT2D eigenvalue weighted by Gasteiger charge is 2.30. The molecule has 136 valence electrons. The summed E-state index contributed by atoms with van der Waals surface area (Å²) in [4.78, 5) is 14.8. The summed E-state index contributed by atoms with van der Waals surface area (Å²) in [7, 11) is 0. The molecule has 1 amide bonds. The van der Waals surface area contributed by atoms with Crippen LogP contribution >= 0.6 is 0 Å². The van der Waals surface area contributed by atoms with Crippen LogP contribution < -0.4 is 15.0 Å². The van der Waals surface area contributed by atoms with E-state index in [1.54, 1.807) is 0 Å². The van der Waals surface area contributed by atoms with Crippen LogP contribution in [0.4, 0.5) is 11.4 Å². The summed E-state index contributed by atoms with van der Waals surface area (Å²) >= 11 is 0. The Labute approximate surface area is 159 Å². The number of hydrogen-bond acceptors (Lipinski definition) is 3. The van der Waals surface area contributed by atoms with Crippen molar-refractivity contribution < 1.29 is 9.53 Å². The van der Waals surface area contributed by atoms with E-state index in [2.05, 4.69) is 18.3 Å². The van der Waals surface area contributed by atoms with Gasteiger partial charge in [0.15, 0.2) is 5.75 Å². The molecular weight excluding hydrogens is 336 g/mol. The van der Waals surface area contributed by atoms with Crippen LogP contribution in [0.2, 0.25) is 0 Å². The Hall–Kier alpha value is -3.27. The molecule has 0 fully saturated rings. The summed E-state index contributed by atoms with van der Waals surface area (Å²) in [6.45, 7) is 2.30. The van der Waals surface area contributed by atoms with Crippen molar-refractivity contribution in [1.82, 2.24) is 0 Å². The predicted octanol–water partition coefficient (Wildman–Crippen LogP) is 4.87. The summed E-state index contributed by atoms with van der Waals surface area (Å²) in [5.74, 6) is 1.52. The Morgan fingerprint density at radius 3 is 2.56 bits per heavy atom. The van der Waals surface area contributed by atoms with Gasteiger partial charge in [-0.3, -0.25) is 4.79 Å². The lowest BCUT2D eigenvalue weighted by atomic mass is 10.1. The van der Waals surface area contributed by atoms with Gasteiger partial charge in [-0.05, 0) is 49.2 Å². The van der Waals surface area contributed by atoms with Gasteiger partial charge < -0.3 is 15.0 Å². The Balaban J connectivity index is 1.47. The molecule has 1 atom stereocenters. The van der Waals surface area contributed by atoms with Crippen LogP contribution in [0, 0.1) is 0 Å². The van der Waals surface area contributed by atoms with Crippen molar-refractivity contribution in [2.24, 2.45) is 0 Å². The summed E-state index contributed by atoms with van der Waals surface area (Å²) < 4.78 is 5.96. The number of para-hydroxylation sites is 4. The third-order valence-electron chi connectivity index (χ3n) is 4.76. The largest absolute Gasteiger partial charge is 0.455 e. The van der Waals surface area contributed by atoms with E-state index in [1.807, 2.05) is 77.7 Å². The summed E-state index contributed by atoms with van der Waals surface area (Å²) in [5.41, 5.74) is 3.05. The lowest BCUT2D eigenvalue weighted by molar-refractivity contribution is -0.117. The molecule has 0 saturated carbocycles. The van der Waals surface area contributed by atoms with E-state index in [4.69, 9.17) is 4.74 Å². The molecule has 0 unspecified atom stereocenters. The van der Waals surface area contributed by atoms with Crippen LogP contribution in [0.3, 0.4) is 0 Å². The fourth-order valence-corrected chi connectivity index (χ4v) is 3.52. The molecule has 1 aliphatic heterocycles. The number of carbonyl (C=O) groups excluding carboxylic acids is 1. The van der Waals surface area contributed by atoms with Crippen molar-refractivity contribution in [3.63, 3.8) is 0 Å². The number of nitrogens with zero attached hydrogens (tertiary/aromatic N) is 1. The molecule has 1 heterocycles. The zero-order valence-electron chi connectivity index (χ0n) is 15.3. The van der Waals surface area contributed by atoms with E-state index in [1.165, 1.54) is 5.56 Å². The summed E-state index contributed by atoms with van der Waals surface area (Å²) in [6.07, 6.45) is 0.898. The van der Waals surface area contributed by atoms with E-state index in [0.717, 1.165) is 23.5 Å². The smallest absolute Gasteiger partial charge is 0.246 e. The predicted molar refractivity (Wildman–Crippen MR) is 109 cm³/mol. The van der Waals surface area contributed by atoms with Gasteiger partial charge in [-0.15, -0.1) is 0 Å². The average molecular weight is 358 g/mol. The molecule has 0 aromatic heterocycles. The van der Waals surface area contributed by atoms with Gasteiger partial charge in [-0.1, -0.05) is 48.5 Å². The van der Waals surface area contributed by atoms with Crippen LogP contribution in [-0.2, 0) is 11.2 Å². The molecule has 4 heteroatoms. The topological polar surface area (TPSA) is 41.6 Å². The zero-order valence-corrected chi connectivity index (χ0v) is 15.3. The first-order valence-corrected chi connectivity index (χ1v) is 9.18. The van der Waals surface area contributed by atoms with Gasteiger partial charge in [-0.25, -0.2) is 0 Å². The third kappa shape index (κ3) is 3.65. The average Bonchev–Trinajstić information content (AvgIpc) is 3.03. The van der Waals surface area contributed by atoms with E-state index in [-0.39, 0.29) is 18.5 Å². The minimum Gasteiger partial charge on any atom is -0.455 e. The fourth-order valence-electron chi connectivity index (χ4n) is 3.52. The lowest BCUT2D eigenvalue weighted by Crippen LogP contribution is -2.39. The fraction of sp³-hybridized carbons (Fsp3) is 0.174. The highest BCUT2D eigenvalue weighted by molar-refractivity contribution is 5.98. The number of nitrogens with one attached hydrogen (secondary N) is 1. The number of amides is 1. The minimum absolute atomic E-state index is 0.0574. The van der Waals surface area contributed by atoms with Crippen molar-refractivity contribution in [3.05, 3.63) is 84.4 Å². The van der Waals surface area contributed by atoms with Crippen molar-refractivity contribution >= 4 is 17.3 Å². The minimum atomic E-state index is 0.0574. The number of anilines is 2. The second kappa shape index (κ2) is 7.54. The van der Waals surface area contributed by atoms with Crippen LogP contribution in [0.15, 0.2) is 78.9 Å². The molecule has 0 spiro atoms. The molecule has 3 aromatic rings. The molecule has 3 aromatic carbocycles. The molecule has 0 bridgehead atoms. The number of rotatable bonds is 5. The van der Waals surface area contributed by atoms with Crippen LogP contribution in [0.1, 0.15) is 12.5 Å². The molecule has 1 N–H and O–H groups in total. The highest BCUT2D eigenvalue weighted by atomic mass is 16.5. The first-order valence-electron chi connectivity index (χ1n) is 9.18. The number of ether oxygens (including phenoxy) is 1. The van der Waals surface area contributed by atoms with Gasteiger partial charge in [0.25, 0.3) is 0 Å². The van der Waals surface area contributed by atoms with Gasteiger partial charge in [-0.2, -0.15) is 0 Å². The Kier molecular flexibility index (Phi) is 4.79. The number of fused-ring (bicyclic) bond motifs is 1. The normalized spacial score (nSPS) is 15.3. The molecular formula is C23H22N2O2. The van der Waals surface area contributed by atoms with Crippen LogP contribution in [0.25, 0.3) is 0 Å². The van der Waals surface area contributed by atoms with E-state index >= 15 is 0 Å². The van der Waals surface area contributed by atoms with Gasteiger partial charge in [0, 0.05) is 11.7 Å². The lowest BCUT2D eigenvalue weighted by Gasteiger charge is -2.23. The van der Waals surface area contributed by atoms with Gasteiger partial charge in [0.1, 0.15) is 5.75 Å².